The summed E-state index contributed by atoms with van der Waals surface area (Å²) in [5.74, 6) is -0.888. The monoisotopic (exact) mass is 366 g/mol. The Morgan fingerprint density at radius 2 is 2.00 bits per heavy atom. The highest BCUT2D eigenvalue weighted by Crippen LogP contribution is 2.34. The van der Waals surface area contributed by atoms with Crippen LogP contribution >= 0.6 is 0 Å². The standard InChI is InChI=1S/C17H22N2O5S/c1-10-8-13-9-12(4-7-15(13)19(10)25(3,22)23)17(21)24-11(2)16(20)18-14-5-6-14/h4,7,9-11,14H,5-6,8H2,1-3H3,(H,18,20)/t10-,11-/m0/s1. The van der Waals surface area contributed by atoms with Crippen LogP contribution in [0.25, 0.3) is 0 Å². The third kappa shape index (κ3) is 3.78. The predicted molar refractivity (Wildman–Crippen MR) is 93.0 cm³/mol. The van der Waals surface area contributed by atoms with E-state index in [0.29, 0.717) is 17.7 Å². The van der Waals surface area contributed by atoms with E-state index in [9.17, 15) is 18.0 Å². The first-order chi connectivity index (χ1) is 11.7. The summed E-state index contributed by atoms with van der Waals surface area (Å²) in [6.07, 6.45) is 2.76. The van der Waals surface area contributed by atoms with Crippen molar-refractivity contribution in [3.8, 4) is 0 Å². The third-order valence-corrected chi connectivity index (χ3v) is 5.67. The van der Waals surface area contributed by atoms with Gasteiger partial charge in [0, 0.05) is 12.1 Å². The molecule has 2 aliphatic rings. The van der Waals surface area contributed by atoms with Crippen molar-refractivity contribution in [1.82, 2.24) is 5.32 Å². The summed E-state index contributed by atoms with van der Waals surface area (Å²) >= 11 is 0. The first-order valence-electron chi connectivity index (χ1n) is 8.30. The zero-order valence-corrected chi connectivity index (χ0v) is 15.3. The third-order valence-electron chi connectivity index (χ3n) is 4.40. The van der Waals surface area contributed by atoms with Gasteiger partial charge in [-0.3, -0.25) is 9.10 Å². The zero-order chi connectivity index (χ0) is 18.4. The Labute approximate surface area is 147 Å². The fraction of sp³-hybridized carbons (Fsp3) is 0.529. The molecule has 7 nitrogen and oxygen atoms in total. The van der Waals surface area contributed by atoms with Crippen LogP contribution in [-0.2, 0) is 26.0 Å². The van der Waals surface area contributed by atoms with Gasteiger partial charge in [0.05, 0.1) is 17.5 Å². The number of hydrogen-bond donors (Lipinski definition) is 1. The molecule has 1 amide bonds. The molecule has 0 saturated heterocycles. The molecular formula is C17H22N2O5S. The van der Waals surface area contributed by atoms with Gasteiger partial charge in [-0.1, -0.05) is 0 Å². The number of amides is 1. The lowest BCUT2D eigenvalue weighted by Gasteiger charge is -2.22. The highest BCUT2D eigenvalue weighted by molar-refractivity contribution is 7.92. The van der Waals surface area contributed by atoms with Gasteiger partial charge in [-0.05, 0) is 56.9 Å². The Morgan fingerprint density at radius 1 is 1.32 bits per heavy atom. The molecule has 1 aromatic rings. The lowest BCUT2D eigenvalue weighted by molar-refractivity contribution is -0.129. The molecule has 25 heavy (non-hydrogen) atoms. The molecule has 1 N–H and O–H groups in total. The van der Waals surface area contributed by atoms with Crippen molar-refractivity contribution < 1.29 is 22.7 Å². The fourth-order valence-corrected chi connectivity index (χ4v) is 4.33. The first kappa shape index (κ1) is 17.7. The van der Waals surface area contributed by atoms with E-state index in [1.54, 1.807) is 12.1 Å². The smallest absolute Gasteiger partial charge is 0.338 e. The summed E-state index contributed by atoms with van der Waals surface area (Å²) in [6.45, 7) is 3.36. The van der Waals surface area contributed by atoms with E-state index in [1.165, 1.54) is 23.6 Å². The van der Waals surface area contributed by atoms with Gasteiger partial charge in [-0.25, -0.2) is 13.2 Å². The normalized spacial score (nSPS) is 20.8. The average molecular weight is 366 g/mol. The Balaban J connectivity index is 1.73. The molecule has 0 spiro atoms. The van der Waals surface area contributed by atoms with E-state index in [-0.39, 0.29) is 18.0 Å². The molecule has 136 valence electrons. The quantitative estimate of drug-likeness (QED) is 0.791. The number of rotatable bonds is 5. The number of hydrogen-bond acceptors (Lipinski definition) is 5. The Kier molecular flexibility index (Phi) is 4.49. The van der Waals surface area contributed by atoms with Gasteiger partial charge in [-0.15, -0.1) is 0 Å². The summed E-state index contributed by atoms with van der Waals surface area (Å²) in [7, 11) is -3.37. The van der Waals surface area contributed by atoms with E-state index in [0.717, 1.165) is 18.4 Å². The summed E-state index contributed by atoms with van der Waals surface area (Å²) < 4.78 is 30.4. The number of carbonyl (C=O) groups excluding carboxylic acids is 2. The molecule has 1 fully saturated rings. The molecule has 1 saturated carbocycles. The molecule has 1 aliphatic heterocycles. The number of nitrogens with one attached hydrogen (secondary N) is 1. The number of nitrogens with zero attached hydrogens (tertiary/aromatic N) is 1. The number of sulfonamides is 1. The minimum atomic E-state index is -3.37. The van der Waals surface area contributed by atoms with Crippen molar-refractivity contribution in [2.75, 3.05) is 10.6 Å². The van der Waals surface area contributed by atoms with E-state index >= 15 is 0 Å². The van der Waals surface area contributed by atoms with Crippen molar-refractivity contribution in [3.63, 3.8) is 0 Å². The van der Waals surface area contributed by atoms with Crippen LogP contribution in [0.5, 0.6) is 0 Å². The molecule has 0 radical (unpaired) electrons. The number of anilines is 1. The Morgan fingerprint density at radius 3 is 2.60 bits per heavy atom. The summed E-state index contributed by atoms with van der Waals surface area (Å²) in [6, 6.07) is 4.80. The summed E-state index contributed by atoms with van der Waals surface area (Å²) in [5, 5.41) is 2.79. The van der Waals surface area contributed by atoms with Crippen LogP contribution < -0.4 is 9.62 Å². The van der Waals surface area contributed by atoms with Crippen molar-refractivity contribution in [2.45, 2.75) is 51.3 Å². The van der Waals surface area contributed by atoms with Gasteiger partial charge in [-0.2, -0.15) is 0 Å². The van der Waals surface area contributed by atoms with Gasteiger partial charge in [0.15, 0.2) is 6.10 Å². The lowest BCUT2D eigenvalue weighted by atomic mass is 10.1. The average Bonchev–Trinajstić information content (AvgIpc) is 3.24. The molecule has 0 aromatic heterocycles. The number of ether oxygens (including phenoxy) is 1. The van der Waals surface area contributed by atoms with Crippen LogP contribution in [-0.4, -0.2) is 44.7 Å². The molecule has 1 aromatic carbocycles. The number of fused-ring (bicyclic) bond motifs is 1. The number of benzene rings is 1. The van der Waals surface area contributed by atoms with Crippen LogP contribution in [0.15, 0.2) is 18.2 Å². The second-order valence-corrected chi connectivity index (χ2v) is 8.65. The number of esters is 1. The Hall–Kier alpha value is -2.09. The molecule has 0 bridgehead atoms. The minimum absolute atomic E-state index is 0.195. The zero-order valence-electron chi connectivity index (χ0n) is 14.5. The van der Waals surface area contributed by atoms with Crippen molar-refractivity contribution >= 4 is 27.6 Å². The second-order valence-electron chi connectivity index (χ2n) is 6.79. The molecule has 3 rings (SSSR count). The van der Waals surface area contributed by atoms with Crippen LogP contribution in [0.2, 0.25) is 0 Å². The van der Waals surface area contributed by atoms with Crippen LogP contribution in [0.3, 0.4) is 0 Å². The summed E-state index contributed by atoms with van der Waals surface area (Å²) in [5.41, 5.74) is 1.68. The summed E-state index contributed by atoms with van der Waals surface area (Å²) in [4.78, 5) is 24.2. The maximum absolute atomic E-state index is 12.3. The molecule has 1 heterocycles. The van der Waals surface area contributed by atoms with Gasteiger partial charge in [0.2, 0.25) is 10.0 Å². The van der Waals surface area contributed by atoms with Crippen molar-refractivity contribution in [1.29, 1.82) is 0 Å². The minimum Gasteiger partial charge on any atom is -0.449 e. The topological polar surface area (TPSA) is 92.8 Å². The van der Waals surface area contributed by atoms with Crippen LogP contribution in [0.4, 0.5) is 5.69 Å². The molecule has 2 atom stereocenters. The van der Waals surface area contributed by atoms with Gasteiger partial charge >= 0.3 is 5.97 Å². The van der Waals surface area contributed by atoms with Crippen LogP contribution in [0, 0.1) is 0 Å². The van der Waals surface area contributed by atoms with E-state index in [4.69, 9.17) is 4.74 Å². The maximum atomic E-state index is 12.3. The van der Waals surface area contributed by atoms with Crippen molar-refractivity contribution in [2.24, 2.45) is 0 Å². The van der Waals surface area contributed by atoms with Crippen LogP contribution in [0.1, 0.15) is 42.6 Å². The van der Waals surface area contributed by atoms with Gasteiger partial charge in [0.1, 0.15) is 0 Å². The highest BCUT2D eigenvalue weighted by Gasteiger charge is 2.33. The molecular weight excluding hydrogens is 344 g/mol. The SMILES string of the molecule is C[C@H](OC(=O)c1ccc2c(c1)C[C@H](C)N2S(C)(=O)=O)C(=O)NC1CC1. The Bertz CT molecular complexity index is 816. The predicted octanol–water partition coefficient (Wildman–Crippen LogP) is 1.22. The van der Waals surface area contributed by atoms with E-state index in [2.05, 4.69) is 5.32 Å². The molecule has 8 heteroatoms. The van der Waals surface area contributed by atoms with E-state index in [1.807, 2.05) is 6.92 Å². The maximum Gasteiger partial charge on any atom is 0.338 e. The lowest BCUT2D eigenvalue weighted by Crippen LogP contribution is -2.37. The second kappa shape index (κ2) is 6.33. The molecule has 0 unspecified atom stereocenters. The largest absolute Gasteiger partial charge is 0.449 e. The first-order valence-corrected chi connectivity index (χ1v) is 10.2. The van der Waals surface area contributed by atoms with Gasteiger partial charge < -0.3 is 10.1 Å². The molecule has 1 aliphatic carbocycles. The fourth-order valence-electron chi connectivity index (χ4n) is 3.06. The van der Waals surface area contributed by atoms with Gasteiger partial charge in [0.25, 0.3) is 5.91 Å². The highest BCUT2D eigenvalue weighted by atomic mass is 32.2. The van der Waals surface area contributed by atoms with E-state index < -0.39 is 22.1 Å². The van der Waals surface area contributed by atoms with Crippen molar-refractivity contribution in [3.05, 3.63) is 29.3 Å². The number of carbonyl (C=O) groups is 2.